The minimum atomic E-state index is -0.162. The number of anilines is 1. The van der Waals surface area contributed by atoms with Crippen LogP contribution in [0.1, 0.15) is 52.9 Å². The van der Waals surface area contributed by atoms with Crippen LogP contribution >= 0.6 is 23.1 Å². The van der Waals surface area contributed by atoms with Gasteiger partial charge in [-0.15, -0.1) is 10.2 Å². The minimum Gasteiger partial charge on any atom is -0.382 e. The van der Waals surface area contributed by atoms with Gasteiger partial charge in [-0.05, 0) is 64.2 Å². The lowest BCUT2D eigenvalue weighted by Crippen LogP contribution is -2.43. The van der Waals surface area contributed by atoms with Gasteiger partial charge in [-0.25, -0.2) is 0 Å². The van der Waals surface area contributed by atoms with Gasteiger partial charge >= 0.3 is 0 Å². The van der Waals surface area contributed by atoms with Crippen molar-refractivity contribution in [2.45, 2.75) is 68.5 Å². The number of nitrogens with one attached hydrogen (secondary N) is 2. The maximum absolute atomic E-state index is 12.6. The first-order valence-corrected chi connectivity index (χ1v) is 11.9. The molecule has 152 valence electrons. The number of thioether (sulfide) groups is 1. The fraction of sp³-hybridized carbons (Fsp3) is 0.842. The molecule has 1 aromatic heterocycles. The first kappa shape index (κ1) is 20.9. The van der Waals surface area contributed by atoms with Crippen molar-refractivity contribution in [2.75, 3.05) is 25.1 Å². The summed E-state index contributed by atoms with van der Waals surface area (Å²) in [6.07, 6.45) is 6.36. The van der Waals surface area contributed by atoms with Crippen LogP contribution in [0, 0.1) is 17.8 Å². The summed E-state index contributed by atoms with van der Waals surface area (Å²) < 4.78 is 6.15. The van der Waals surface area contributed by atoms with Crippen LogP contribution in [0.4, 0.5) is 5.13 Å². The zero-order valence-electron chi connectivity index (χ0n) is 16.6. The van der Waals surface area contributed by atoms with Crippen LogP contribution in [0.2, 0.25) is 0 Å². The molecule has 2 N–H and O–H groups in total. The van der Waals surface area contributed by atoms with E-state index in [2.05, 4.69) is 27.8 Å². The summed E-state index contributed by atoms with van der Waals surface area (Å²) in [5, 5.41) is 15.5. The molecular formula is C19H32N4O2S2. The van der Waals surface area contributed by atoms with E-state index in [1.807, 2.05) is 13.8 Å². The van der Waals surface area contributed by atoms with Crippen molar-refractivity contribution in [3.05, 3.63) is 0 Å². The van der Waals surface area contributed by atoms with Gasteiger partial charge < -0.3 is 15.4 Å². The van der Waals surface area contributed by atoms with E-state index in [1.54, 1.807) is 0 Å². The number of aromatic nitrogens is 2. The molecular weight excluding hydrogens is 380 g/mol. The Balaban J connectivity index is 1.39. The van der Waals surface area contributed by atoms with E-state index in [-0.39, 0.29) is 17.2 Å². The monoisotopic (exact) mass is 412 g/mol. The molecule has 0 saturated heterocycles. The van der Waals surface area contributed by atoms with Crippen molar-refractivity contribution >= 4 is 34.1 Å². The fourth-order valence-corrected chi connectivity index (χ4v) is 6.33. The van der Waals surface area contributed by atoms with Crippen LogP contribution in [-0.4, -0.2) is 47.2 Å². The van der Waals surface area contributed by atoms with E-state index < -0.39 is 0 Å². The number of carbonyl (C=O) groups is 1. The van der Waals surface area contributed by atoms with Crippen LogP contribution in [0.15, 0.2) is 4.34 Å². The number of fused-ring (bicyclic) bond motifs is 2. The molecule has 0 aliphatic heterocycles. The molecule has 0 radical (unpaired) electrons. The van der Waals surface area contributed by atoms with Crippen molar-refractivity contribution in [3.8, 4) is 0 Å². The highest BCUT2D eigenvalue weighted by Gasteiger charge is 2.42. The molecule has 2 saturated carbocycles. The number of hydrogen-bond donors (Lipinski definition) is 2. The summed E-state index contributed by atoms with van der Waals surface area (Å²) in [5.74, 6) is 2.51. The lowest BCUT2D eigenvalue weighted by atomic mass is 9.84. The molecule has 2 fully saturated rings. The van der Waals surface area contributed by atoms with Crippen molar-refractivity contribution in [1.29, 1.82) is 0 Å². The zero-order valence-corrected chi connectivity index (χ0v) is 18.2. The molecule has 2 aliphatic carbocycles. The summed E-state index contributed by atoms with van der Waals surface area (Å²) in [7, 11) is 0. The van der Waals surface area contributed by atoms with Gasteiger partial charge in [-0.2, -0.15) is 0 Å². The molecule has 1 aromatic rings. The molecule has 5 atom stereocenters. The predicted molar refractivity (Wildman–Crippen MR) is 111 cm³/mol. The quantitative estimate of drug-likeness (QED) is 0.425. The first-order chi connectivity index (χ1) is 13.1. The van der Waals surface area contributed by atoms with Crippen molar-refractivity contribution in [1.82, 2.24) is 15.5 Å². The van der Waals surface area contributed by atoms with Crippen LogP contribution in [0.25, 0.3) is 0 Å². The number of carbonyl (C=O) groups excluding carboxylic acids is 1. The van der Waals surface area contributed by atoms with Crippen LogP contribution in [0.3, 0.4) is 0 Å². The number of rotatable bonds is 11. The van der Waals surface area contributed by atoms with Gasteiger partial charge in [0.15, 0.2) is 4.34 Å². The molecule has 0 aromatic carbocycles. The molecule has 5 unspecified atom stereocenters. The Bertz CT molecular complexity index is 612. The molecule has 8 heteroatoms. The van der Waals surface area contributed by atoms with Gasteiger partial charge in [0.05, 0.1) is 5.25 Å². The van der Waals surface area contributed by atoms with E-state index in [1.165, 1.54) is 48.8 Å². The number of nitrogens with zero attached hydrogens (tertiary/aromatic N) is 2. The molecule has 3 rings (SSSR count). The van der Waals surface area contributed by atoms with Crippen LogP contribution in [0.5, 0.6) is 0 Å². The Hall–Kier alpha value is -0.860. The summed E-state index contributed by atoms with van der Waals surface area (Å²) in [6, 6.07) is 0.271. The minimum absolute atomic E-state index is 0.108. The van der Waals surface area contributed by atoms with Crippen molar-refractivity contribution < 1.29 is 9.53 Å². The Morgan fingerprint density at radius 3 is 2.89 bits per heavy atom. The van der Waals surface area contributed by atoms with E-state index in [9.17, 15) is 4.79 Å². The second kappa shape index (κ2) is 10.1. The Morgan fingerprint density at radius 1 is 1.33 bits per heavy atom. The highest BCUT2D eigenvalue weighted by molar-refractivity contribution is 8.02. The lowest BCUT2D eigenvalue weighted by Gasteiger charge is -2.29. The van der Waals surface area contributed by atoms with Gasteiger partial charge in [0.2, 0.25) is 11.0 Å². The third-order valence-electron chi connectivity index (χ3n) is 5.80. The first-order valence-electron chi connectivity index (χ1n) is 10.2. The van der Waals surface area contributed by atoms with Gasteiger partial charge in [0.25, 0.3) is 0 Å². The lowest BCUT2D eigenvalue weighted by molar-refractivity contribution is -0.121. The third-order valence-corrected chi connectivity index (χ3v) is 7.87. The third kappa shape index (κ3) is 5.81. The maximum Gasteiger partial charge on any atom is 0.233 e. The standard InChI is InChI=1S/C19H32N4O2S2/c1-4-25-9-5-8-20-18-22-23-19(27-18)26-13(3)17(24)21-12(2)16-11-14-6-7-15(16)10-14/h12-16H,4-11H2,1-3H3,(H,20,22)(H,21,24). The molecule has 2 bridgehead atoms. The number of hydrogen-bond acceptors (Lipinski definition) is 7. The zero-order chi connectivity index (χ0) is 19.2. The fourth-order valence-electron chi connectivity index (χ4n) is 4.40. The smallest absolute Gasteiger partial charge is 0.233 e. The predicted octanol–water partition coefficient (Wildman–Crippen LogP) is 3.80. The van der Waals surface area contributed by atoms with Crippen molar-refractivity contribution in [2.24, 2.45) is 17.8 Å². The topological polar surface area (TPSA) is 76.1 Å². The molecule has 6 nitrogen and oxygen atoms in total. The largest absolute Gasteiger partial charge is 0.382 e. The highest BCUT2D eigenvalue weighted by atomic mass is 32.2. The molecule has 0 spiro atoms. The Labute approximate surface area is 170 Å². The summed E-state index contributed by atoms with van der Waals surface area (Å²) in [5.41, 5.74) is 0. The van der Waals surface area contributed by atoms with Crippen LogP contribution in [-0.2, 0) is 9.53 Å². The SMILES string of the molecule is CCOCCCNc1nnc(SC(C)C(=O)NC(C)C2CC3CCC2C3)s1. The Morgan fingerprint density at radius 2 is 2.19 bits per heavy atom. The van der Waals surface area contributed by atoms with E-state index in [4.69, 9.17) is 4.74 Å². The second-order valence-corrected chi connectivity index (χ2v) is 10.3. The van der Waals surface area contributed by atoms with Crippen LogP contribution < -0.4 is 10.6 Å². The second-order valence-electron chi connectivity index (χ2n) is 7.75. The number of amides is 1. The molecule has 1 amide bonds. The van der Waals surface area contributed by atoms with E-state index in [0.29, 0.717) is 5.92 Å². The van der Waals surface area contributed by atoms with Gasteiger partial charge in [-0.3, -0.25) is 4.79 Å². The van der Waals surface area contributed by atoms with Crippen molar-refractivity contribution in [3.63, 3.8) is 0 Å². The van der Waals surface area contributed by atoms with Gasteiger partial charge in [0, 0.05) is 25.8 Å². The summed E-state index contributed by atoms with van der Waals surface area (Å²) in [6.45, 7) is 8.44. The number of ether oxygens (including phenoxy) is 1. The molecule has 27 heavy (non-hydrogen) atoms. The average molecular weight is 413 g/mol. The molecule has 1 heterocycles. The Kier molecular flexibility index (Phi) is 7.78. The summed E-state index contributed by atoms with van der Waals surface area (Å²) in [4.78, 5) is 12.6. The maximum atomic E-state index is 12.6. The van der Waals surface area contributed by atoms with E-state index >= 15 is 0 Å². The normalized spacial score (nSPS) is 26.1. The summed E-state index contributed by atoms with van der Waals surface area (Å²) >= 11 is 2.99. The van der Waals surface area contributed by atoms with Gasteiger partial charge in [-0.1, -0.05) is 29.5 Å². The highest BCUT2D eigenvalue weighted by Crippen LogP contribution is 2.49. The molecule has 2 aliphatic rings. The van der Waals surface area contributed by atoms with E-state index in [0.717, 1.165) is 47.5 Å². The average Bonchev–Trinajstić information content (AvgIpc) is 3.38. The van der Waals surface area contributed by atoms with Gasteiger partial charge in [0.1, 0.15) is 0 Å².